The number of nitrogen functional groups attached to an aromatic ring is 1. The number of nitrogens with zero attached hydrogens (tertiary/aromatic N) is 1. The quantitative estimate of drug-likeness (QED) is 0.767. The Morgan fingerprint density at radius 3 is 3.07 bits per heavy atom. The molecule has 1 aliphatic heterocycles. The van der Waals surface area contributed by atoms with Gasteiger partial charge in [0.05, 0.1) is 0 Å². The lowest BCUT2D eigenvalue weighted by Gasteiger charge is -2.23. The van der Waals surface area contributed by atoms with E-state index in [0.29, 0.717) is 0 Å². The molecule has 2 N–H and O–H groups in total. The van der Waals surface area contributed by atoms with E-state index in [2.05, 4.69) is 24.0 Å². The molecule has 1 fully saturated rings. The smallest absolute Gasteiger partial charge is 0.0317 e. The van der Waals surface area contributed by atoms with Crippen LogP contribution >= 0.6 is 0 Å². The molecule has 1 aliphatic rings. The van der Waals surface area contributed by atoms with Crippen LogP contribution in [0.5, 0.6) is 0 Å². The molecule has 1 heterocycles. The Morgan fingerprint density at radius 2 is 2.33 bits per heavy atom. The van der Waals surface area contributed by atoms with Crippen LogP contribution in [0.15, 0.2) is 24.3 Å². The predicted molar refractivity (Wildman–Crippen MR) is 64.6 cm³/mol. The van der Waals surface area contributed by atoms with Gasteiger partial charge in [-0.15, -0.1) is 0 Å². The highest BCUT2D eigenvalue weighted by Crippen LogP contribution is 2.22. The molecular formula is C13H20N2. The zero-order valence-electron chi connectivity index (χ0n) is 9.45. The second kappa shape index (κ2) is 4.67. The van der Waals surface area contributed by atoms with Gasteiger partial charge in [0.2, 0.25) is 0 Å². The molecule has 82 valence electrons. The van der Waals surface area contributed by atoms with Crippen molar-refractivity contribution < 1.29 is 0 Å². The van der Waals surface area contributed by atoms with Crippen LogP contribution in [0.4, 0.5) is 5.69 Å². The third-order valence-electron chi connectivity index (χ3n) is 3.31. The average molecular weight is 204 g/mol. The van der Waals surface area contributed by atoms with E-state index in [1.807, 2.05) is 12.1 Å². The highest BCUT2D eigenvalue weighted by Gasteiger charge is 2.22. The molecule has 0 radical (unpaired) electrons. The summed E-state index contributed by atoms with van der Waals surface area (Å²) in [6, 6.07) is 9.03. The summed E-state index contributed by atoms with van der Waals surface area (Å²) >= 11 is 0. The number of rotatable bonds is 3. The van der Waals surface area contributed by atoms with Crippen molar-refractivity contribution in [1.82, 2.24) is 4.90 Å². The Balaban J connectivity index is 2.02. The van der Waals surface area contributed by atoms with Crippen LogP contribution in [-0.4, -0.2) is 17.5 Å². The van der Waals surface area contributed by atoms with Crippen molar-refractivity contribution in [3.8, 4) is 0 Å². The van der Waals surface area contributed by atoms with Crippen molar-refractivity contribution >= 4 is 5.69 Å². The topological polar surface area (TPSA) is 29.3 Å². The first kappa shape index (κ1) is 10.5. The highest BCUT2D eigenvalue weighted by atomic mass is 15.2. The van der Waals surface area contributed by atoms with E-state index in [1.165, 1.54) is 31.4 Å². The van der Waals surface area contributed by atoms with Crippen molar-refractivity contribution in [3.05, 3.63) is 29.8 Å². The lowest BCUT2D eigenvalue weighted by atomic mass is 10.1. The maximum atomic E-state index is 5.78. The van der Waals surface area contributed by atoms with Crippen LogP contribution in [0.25, 0.3) is 0 Å². The van der Waals surface area contributed by atoms with E-state index >= 15 is 0 Å². The standard InChI is InChI=1S/C13H20N2/c1-2-13-7-4-8-15(13)10-11-5-3-6-12(14)9-11/h3,5-6,9,13H,2,4,7-8,10,14H2,1H3. The van der Waals surface area contributed by atoms with E-state index in [0.717, 1.165) is 18.3 Å². The minimum Gasteiger partial charge on any atom is -0.399 e. The maximum absolute atomic E-state index is 5.78. The molecule has 0 spiro atoms. The molecule has 2 heteroatoms. The molecular weight excluding hydrogens is 184 g/mol. The van der Waals surface area contributed by atoms with Crippen molar-refractivity contribution in [2.45, 2.75) is 38.8 Å². The molecule has 1 aromatic carbocycles. The van der Waals surface area contributed by atoms with Crippen LogP contribution in [0, 0.1) is 0 Å². The maximum Gasteiger partial charge on any atom is 0.0317 e. The molecule has 1 saturated heterocycles. The molecule has 0 amide bonds. The van der Waals surface area contributed by atoms with Gasteiger partial charge >= 0.3 is 0 Å². The predicted octanol–water partition coefficient (Wildman–Crippen LogP) is 2.64. The largest absolute Gasteiger partial charge is 0.399 e. The van der Waals surface area contributed by atoms with Gasteiger partial charge in [0, 0.05) is 18.3 Å². The molecule has 1 aromatic rings. The number of anilines is 1. The van der Waals surface area contributed by atoms with Crippen molar-refractivity contribution in [2.75, 3.05) is 12.3 Å². The van der Waals surface area contributed by atoms with Gasteiger partial charge < -0.3 is 5.73 Å². The lowest BCUT2D eigenvalue weighted by Crippen LogP contribution is -2.28. The fourth-order valence-corrected chi connectivity index (χ4v) is 2.49. The Labute approximate surface area is 92.1 Å². The lowest BCUT2D eigenvalue weighted by molar-refractivity contribution is 0.240. The second-order valence-electron chi connectivity index (χ2n) is 4.42. The molecule has 1 atom stereocenters. The molecule has 0 bridgehead atoms. The highest BCUT2D eigenvalue weighted by molar-refractivity contribution is 5.40. The first-order valence-electron chi connectivity index (χ1n) is 5.88. The van der Waals surface area contributed by atoms with Gasteiger partial charge in [0.25, 0.3) is 0 Å². The van der Waals surface area contributed by atoms with E-state index in [1.54, 1.807) is 0 Å². The first-order chi connectivity index (χ1) is 7.29. The number of hydrogen-bond donors (Lipinski definition) is 1. The summed E-state index contributed by atoms with van der Waals surface area (Å²) in [6.07, 6.45) is 3.97. The minimum atomic E-state index is 0.784. The van der Waals surface area contributed by atoms with Crippen molar-refractivity contribution in [1.29, 1.82) is 0 Å². The van der Waals surface area contributed by atoms with E-state index < -0.39 is 0 Å². The normalized spacial score (nSPS) is 22.1. The summed E-state index contributed by atoms with van der Waals surface area (Å²) in [7, 11) is 0. The summed E-state index contributed by atoms with van der Waals surface area (Å²) in [5.41, 5.74) is 8.00. The molecule has 15 heavy (non-hydrogen) atoms. The van der Waals surface area contributed by atoms with Gasteiger partial charge in [0.1, 0.15) is 0 Å². The third kappa shape index (κ3) is 2.51. The van der Waals surface area contributed by atoms with Crippen LogP contribution in [0.2, 0.25) is 0 Å². The Hall–Kier alpha value is -1.02. The SMILES string of the molecule is CCC1CCCN1Cc1cccc(N)c1. The minimum absolute atomic E-state index is 0.784. The zero-order valence-corrected chi connectivity index (χ0v) is 9.45. The van der Waals surface area contributed by atoms with Gasteiger partial charge in [-0.25, -0.2) is 0 Å². The van der Waals surface area contributed by atoms with E-state index in [9.17, 15) is 0 Å². The molecule has 0 aliphatic carbocycles. The van der Waals surface area contributed by atoms with E-state index in [4.69, 9.17) is 5.73 Å². The van der Waals surface area contributed by atoms with Crippen molar-refractivity contribution in [3.63, 3.8) is 0 Å². The van der Waals surface area contributed by atoms with Gasteiger partial charge in [-0.1, -0.05) is 19.1 Å². The molecule has 2 nitrogen and oxygen atoms in total. The third-order valence-corrected chi connectivity index (χ3v) is 3.31. The summed E-state index contributed by atoms with van der Waals surface area (Å²) < 4.78 is 0. The summed E-state index contributed by atoms with van der Waals surface area (Å²) in [5.74, 6) is 0. The number of likely N-dealkylation sites (tertiary alicyclic amines) is 1. The molecule has 1 unspecified atom stereocenters. The van der Waals surface area contributed by atoms with Gasteiger partial charge in [-0.3, -0.25) is 4.90 Å². The number of hydrogen-bond acceptors (Lipinski definition) is 2. The van der Waals surface area contributed by atoms with Gasteiger partial charge in [-0.2, -0.15) is 0 Å². The average Bonchev–Trinajstić information content (AvgIpc) is 2.65. The summed E-state index contributed by atoms with van der Waals surface area (Å²) in [5, 5.41) is 0. The monoisotopic (exact) mass is 204 g/mol. The van der Waals surface area contributed by atoms with Crippen LogP contribution in [0.3, 0.4) is 0 Å². The molecule has 2 rings (SSSR count). The van der Waals surface area contributed by atoms with E-state index in [-0.39, 0.29) is 0 Å². The van der Waals surface area contributed by atoms with Gasteiger partial charge in [-0.05, 0) is 43.5 Å². The second-order valence-corrected chi connectivity index (χ2v) is 4.42. The first-order valence-corrected chi connectivity index (χ1v) is 5.88. The molecule has 0 saturated carbocycles. The summed E-state index contributed by atoms with van der Waals surface area (Å²) in [6.45, 7) is 4.58. The fraction of sp³-hybridized carbons (Fsp3) is 0.538. The Bertz CT molecular complexity index is 322. The Kier molecular flexibility index (Phi) is 3.27. The van der Waals surface area contributed by atoms with Crippen LogP contribution in [0.1, 0.15) is 31.7 Å². The van der Waals surface area contributed by atoms with Gasteiger partial charge in [0.15, 0.2) is 0 Å². The number of nitrogens with two attached hydrogens (primary N) is 1. The number of benzene rings is 1. The fourth-order valence-electron chi connectivity index (χ4n) is 2.49. The Morgan fingerprint density at radius 1 is 1.47 bits per heavy atom. The summed E-state index contributed by atoms with van der Waals surface area (Å²) in [4.78, 5) is 2.58. The molecule has 0 aromatic heterocycles. The van der Waals surface area contributed by atoms with Crippen molar-refractivity contribution in [2.24, 2.45) is 0 Å². The zero-order chi connectivity index (χ0) is 10.7. The van der Waals surface area contributed by atoms with Crippen LogP contribution < -0.4 is 5.73 Å². The van der Waals surface area contributed by atoms with Crippen LogP contribution in [-0.2, 0) is 6.54 Å².